The van der Waals surface area contributed by atoms with Crippen LogP contribution < -0.4 is 0 Å². The van der Waals surface area contributed by atoms with Crippen molar-refractivity contribution in [3.63, 3.8) is 0 Å². The summed E-state index contributed by atoms with van der Waals surface area (Å²) in [7, 11) is 0. The van der Waals surface area contributed by atoms with Crippen molar-refractivity contribution in [3.05, 3.63) is 85.8 Å². The highest BCUT2D eigenvalue weighted by Crippen LogP contribution is 2.54. The highest BCUT2D eigenvalue weighted by Gasteiger charge is 2.35. The van der Waals surface area contributed by atoms with Crippen LogP contribution in [0.5, 0.6) is 0 Å². The van der Waals surface area contributed by atoms with Gasteiger partial charge in [-0.2, -0.15) is 0 Å². The monoisotopic (exact) mass is 1110 g/mol. The first-order chi connectivity index (χ1) is 36.0. The molecule has 10 heteroatoms. The van der Waals surface area contributed by atoms with Crippen molar-refractivity contribution in [1.29, 1.82) is 10.8 Å². The first-order valence-electron chi connectivity index (χ1n) is 28.8. The number of nitrogens with one attached hydrogen (secondary N) is 2. The highest BCUT2D eigenvalue weighted by molar-refractivity contribution is 7.28. The molecule has 1 aliphatic carbocycles. The minimum absolute atomic E-state index is 0.112. The summed E-state index contributed by atoms with van der Waals surface area (Å²) in [5.41, 5.74) is 7.04. The maximum atomic E-state index is 9.51. The molecule has 8 rings (SSSR count). The SMILES string of the molecule is CCCC(C)(CCC)C1=CC=C(c2ccc(-c3c4nc(-c5ccc(CCC(C)CCCC(C)C)s5)sc4c(-c4ccc(C(C)(CC)CCC)s4)c4nc(-c5ccc(CCC(C)CCCC(C)C)s5)sc34)s2)C(=N)C1=N. The topological polar surface area (TPSA) is 73.5 Å². The fourth-order valence-corrected chi connectivity index (χ4v) is 18.5. The minimum Gasteiger partial charge on any atom is -0.298 e. The van der Waals surface area contributed by atoms with Crippen LogP contribution in [0.3, 0.4) is 0 Å². The first kappa shape index (κ1) is 57.8. The molecule has 2 N–H and O–H groups in total. The van der Waals surface area contributed by atoms with E-state index in [1.165, 1.54) is 95.6 Å². The normalized spacial score (nSPS) is 15.2. The Morgan fingerprint density at radius 2 is 0.947 bits per heavy atom. The number of allylic oxidation sites excluding steroid dienone is 4. The largest absolute Gasteiger partial charge is 0.298 e. The van der Waals surface area contributed by atoms with Gasteiger partial charge >= 0.3 is 0 Å². The molecule has 4 nitrogen and oxygen atoms in total. The van der Waals surface area contributed by atoms with Crippen LogP contribution in [0.2, 0.25) is 0 Å². The number of rotatable bonds is 28. The number of hydrogen-bond acceptors (Lipinski definition) is 10. The van der Waals surface area contributed by atoms with E-state index >= 15 is 0 Å². The van der Waals surface area contributed by atoms with Gasteiger partial charge in [0, 0.05) is 51.4 Å². The Bertz CT molecular complexity index is 2990. The van der Waals surface area contributed by atoms with Crippen molar-refractivity contribution in [2.24, 2.45) is 29.1 Å². The number of fused-ring (bicyclic) bond motifs is 2. The lowest BCUT2D eigenvalue weighted by Gasteiger charge is -2.34. The maximum absolute atomic E-state index is 9.51. The number of benzene rings is 1. The number of thiophene rings is 4. The van der Waals surface area contributed by atoms with Crippen molar-refractivity contribution in [2.45, 2.75) is 198 Å². The fraction of sp³-hybridized carbons (Fsp3) is 0.538. The number of aryl methyl sites for hydroxylation is 2. The Balaban J connectivity index is 1.27. The van der Waals surface area contributed by atoms with E-state index in [9.17, 15) is 10.8 Å². The predicted molar refractivity (Wildman–Crippen MR) is 340 cm³/mol. The van der Waals surface area contributed by atoms with Gasteiger partial charge in [0.05, 0.1) is 41.6 Å². The van der Waals surface area contributed by atoms with E-state index in [0.29, 0.717) is 11.4 Å². The summed E-state index contributed by atoms with van der Waals surface area (Å²) < 4.78 is 2.39. The molecular weight excluding hydrogens is 1030 g/mol. The van der Waals surface area contributed by atoms with Crippen LogP contribution in [0, 0.1) is 39.9 Å². The second-order valence-electron chi connectivity index (χ2n) is 23.6. The maximum Gasteiger partial charge on any atom is 0.134 e. The van der Waals surface area contributed by atoms with E-state index in [4.69, 9.17) is 9.97 Å². The van der Waals surface area contributed by atoms with Crippen molar-refractivity contribution >= 4 is 105 Å². The molecule has 1 aliphatic rings. The Morgan fingerprint density at radius 3 is 1.44 bits per heavy atom. The number of aromatic nitrogens is 2. The van der Waals surface area contributed by atoms with Crippen LogP contribution in [0.25, 0.3) is 66.7 Å². The zero-order chi connectivity index (χ0) is 53.6. The summed E-state index contributed by atoms with van der Waals surface area (Å²) in [5, 5.41) is 21.1. The third kappa shape index (κ3) is 13.2. The lowest BCUT2D eigenvalue weighted by molar-refractivity contribution is 0.340. The quantitative estimate of drug-likeness (QED) is 0.0480. The van der Waals surface area contributed by atoms with Crippen LogP contribution in [-0.2, 0) is 18.3 Å². The van der Waals surface area contributed by atoms with Gasteiger partial charge in [-0.05, 0) is 135 Å². The Labute approximate surface area is 475 Å². The average Bonchev–Trinajstić information content (AvgIpc) is 4.24. The van der Waals surface area contributed by atoms with E-state index < -0.39 is 0 Å². The van der Waals surface area contributed by atoms with Crippen LogP contribution in [0.15, 0.2) is 66.3 Å². The molecule has 402 valence electrons. The standard InChI is InChI=1S/C65H86N4S6/c1-13-37-64(11,16-4)53-36-35-50(73-53)55-59-60(74-63(69-59)52-32-28-45(71-52)26-24-43(10)22-18-20-41(7)8)54(49-34-33-48(72-49)46-29-30-47(57(67)56(46)66)65(12,38-14-2)39-15-3)58-61(55)75-62(68-58)51-31-27-44(70-51)25-23-42(9)21-17-19-40(5)6/h27-36,40-43,66-67H,13-26,37-39H2,1-12H3. The number of hydrogen-bond donors (Lipinski definition) is 2. The summed E-state index contributed by atoms with van der Waals surface area (Å²) in [6, 6.07) is 18.6. The zero-order valence-corrected chi connectivity index (χ0v) is 52.3. The van der Waals surface area contributed by atoms with E-state index in [2.05, 4.69) is 144 Å². The van der Waals surface area contributed by atoms with Crippen molar-refractivity contribution in [2.75, 3.05) is 0 Å². The molecule has 0 amide bonds. The fourth-order valence-electron chi connectivity index (χ4n) is 11.5. The van der Waals surface area contributed by atoms with E-state index in [-0.39, 0.29) is 10.8 Å². The average molecular weight is 1120 g/mol. The summed E-state index contributed by atoms with van der Waals surface area (Å²) in [6.45, 7) is 28.1. The van der Waals surface area contributed by atoms with Crippen molar-refractivity contribution in [1.82, 2.24) is 9.97 Å². The summed E-state index contributed by atoms with van der Waals surface area (Å²) in [5.74, 6) is 2.98. The molecule has 0 saturated heterocycles. The van der Waals surface area contributed by atoms with E-state index in [1.54, 1.807) is 11.3 Å². The molecule has 0 fully saturated rings. The van der Waals surface area contributed by atoms with E-state index in [0.717, 1.165) is 129 Å². The van der Waals surface area contributed by atoms with Gasteiger partial charge < -0.3 is 0 Å². The smallest absolute Gasteiger partial charge is 0.134 e. The molecule has 0 spiro atoms. The highest BCUT2D eigenvalue weighted by atomic mass is 32.1. The Hall–Kier alpha value is -3.38. The van der Waals surface area contributed by atoms with Gasteiger partial charge in [0.15, 0.2) is 0 Å². The Morgan fingerprint density at radius 1 is 0.480 bits per heavy atom. The van der Waals surface area contributed by atoms with Crippen LogP contribution >= 0.6 is 68.0 Å². The van der Waals surface area contributed by atoms with Gasteiger partial charge in [0.2, 0.25) is 0 Å². The third-order valence-electron chi connectivity index (χ3n) is 16.3. The number of thiazole rings is 2. The molecule has 6 heterocycles. The molecular formula is C65H86N4S6. The van der Waals surface area contributed by atoms with Crippen LogP contribution in [0.1, 0.15) is 199 Å². The molecule has 6 aromatic heterocycles. The molecule has 0 radical (unpaired) electrons. The molecule has 1 aromatic carbocycles. The van der Waals surface area contributed by atoms with Gasteiger partial charge in [0.25, 0.3) is 0 Å². The lowest BCUT2D eigenvalue weighted by atomic mass is 9.70. The third-order valence-corrected chi connectivity index (χ3v) is 23.6. The molecule has 3 atom stereocenters. The minimum atomic E-state index is -0.112. The van der Waals surface area contributed by atoms with Crippen LogP contribution in [0.4, 0.5) is 0 Å². The second-order valence-corrected chi connectivity index (χ2v) is 30.1. The molecule has 3 unspecified atom stereocenters. The van der Waals surface area contributed by atoms with E-state index in [1.807, 2.05) is 56.7 Å². The summed E-state index contributed by atoms with van der Waals surface area (Å²) in [6.07, 6.45) is 24.4. The molecule has 0 saturated carbocycles. The van der Waals surface area contributed by atoms with Gasteiger partial charge in [-0.1, -0.05) is 153 Å². The molecule has 0 bridgehead atoms. The molecule has 7 aromatic rings. The zero-order valence-electron chi connectivity index (χ0n) is 47.4. The molecule has 0 aliphatic heterocycles. The van der Waals surface area contributed by atoms with Gasteiger partial charge in [-0.3, -0.25) is 10.8 Å². The van der Waals surface area contributed by atoms with Gasteiger partial charge in [-0.15, -0.1) is 68.0 Å². The van der Waals surface area contributed by atoms with Gasteiger partial charge in [-0.25, -0.2) is 9.97 Å². The first-order valence-corrected chi connectivity index (χ1v) is 33.7. The second kappa shape index (κ2) is 25.6. The lowest BCUT2D eigenvalue weighted by Crippen LogP contribution is -2.30. The van der Waals surface area contributed by atoms with Gasteiger partial charge in [0.1, 0.15) is 10.0 Å². The summed E-state index contributed by atoms with van der Waals surface area (Å²) >= 11 is 11.2. The predicted octanol–water partition coefficient (Wildman–Crippen LogP) is 23.0. The summed E-state index contributed by atoms with van der Waals surface area (Å²) in [4.78, 5) is 21.8. The Kier molecular flexibility index (Phi) is 19.7. The van der Waals surface area contributed by atoms with Crippen LogP contribution in [-0.4, -0.2) is 21.4 Å². The van der Waals surface area contributed by atoms with Crippen molar-refractivity contribution < 1.29 is 0 Å². The molecule has 75 heavy (non-hydrogen) atoms. The number of nitrogens with zero attached hydrogens (tertiary/aromatic N) is 2. The van der Waals surface area contributed by atoms with Crippen molar-refractivity contribution in [3.8, 4) is 40.7 Å².